The van der Waals surface area contributed by atoms with Crippen molar-refractivity contribution in [3.8, 4) is 0 Å². The zero-order valence-electron chi connectivity index (χ0n) is 11.5. The molecule has 0 saturated carbocycles. The fourth-order valence-electron chi connectivity index (χ4n) is 2.66. The van der Waals surface area contributed by atoms with Crippen molar-refractivity contribution in [2.45, 2.75) is 38.3 Å². The van der Waals surface area contributed by atoms with Crippen LogP contribution in [0.2, 0.25) is 0 Å². The van der Waals surface area contributed by atoms with Crippen LogP contribution in [0.15, 0.2) is 24.3 Å². The molecule has 1 aromatic rings. The average Bonchev–Trinajstić information content (AvgIpc) is 2.46. The zero-order chi connectivity index (χ0) is 14.5. The summed E-state index contributed by atoms with van der Waals surface area (Å²) in [5.74, 6) is -0.382. The number of rotatable bonds is 4. The minimum absolute atomic E-state index is 0.0282. The molecule has 0 unspecified atom stereocenters. The van der Waals surface area contributed by atoms with E-state index in [-0.39, 0.29) is 24.3 Å². The number of primary amides is 1. The van der Waals surface area contributed by atoms with E-state index in [1.54, 1.807) is 17.0 Å². The Bertz CT molecular complexity index is 484. The van der Waals surface area contributed by atoms with Crippen molar-refractivity contribution in [1.29, 1.82) is 0 Å². The van der Waals surface area contributed by atoms with Crippen LogP contribution in [0.3, 0.4) is 0 Å². The Morgan fingerprint density at radius 2 is 1.90 bits per heavy atom. The Labute approximate surface area is 118 Å². The van der Waals surface area contributed by atoms with E-state index >= 15 is 0 Å². The Kier molecular flexibility index (Phi) is 4.74. The van der Waals surface area contributed by atoms with Crippen molar-refractivity contribution < 1.29 is 9.59 Å². The highest BCUT2D eigenvalue weighted by atomic mass is 16.2. The lowest BCUT2D eigenvalue weighted by atomic mass is 9.97. The molecule has 4 N–H and O–H groups in total. The van der Waals surface area contributed by atoms with Gasteiger partial charge in [-0.2, -0.15) is 0 Å². The molecule has 1 fully saturated rings. The van der Waals surface area contributed by atoms with Gasteiger partial charge >= 0.3 is 0 Å². The first-order valence-electron chi connectivity index (χ1n) is 7.00. The first kappa shape index (κ1) is 14.5. The minimum atomic E-state index is -0.354. The van der Waals surface area contributed by atoms with Crippen molar-refractivity contribution in [3.63, 3.8) is 0 Å². The second-order valence-corrected chi connectivity index (χ2v) is 5.22. The van der Waals surface area contributed by atoms with Crippen LogP contribution in [0.5, 0.6) is 0 Å². The lowest BCUT2D eigenvalue weighted by molar-refractivity contribution is -0.119. The molecule has 2 rings (SSSR count). The van der Waals surface area contributed by atoms with Crippen LogP contribution in [-0.4, -0.2) is 29.3 Å². The molecule has 5 heteroatoms. The topological polar surface area (TPSA) is 89.4 Å². The summed E-state index contributed by atoms with van der Waals surface area (Å²) in [6, 6.07) is 7.24. The van der Waals surface area contributed by atoms with Crippen molar-refractivity contribution in [1.82, 2.24) is 4.90 Å². The summed E-state index contributed by atoms with van der Waals surface area (Å²) in [4.78, 5) is 25.4. The number of carbonyl (C=O) groups excluding carboxylic acids is 2. The van der Waals surface area contributed by atoms with Crippen LogP contribution < -0.4 is 11.5 Å². The number of likely N-dealkylation sites (tertiary alicyclic amines) is 1. The number of piperidine rings is 1. The summed E-state index contributed by atoms with van der Waals surface area (Å²) < 4.78 is 0. The van der Waals surface area contributed by atoms with E-state index in [2.05, 4.69) is 0 Å². The highest BCUT2D eigenvalue weighted by molar-refractivity contribution is 5.94. The van der Waals surface area contributed by atoms with Crippen molar-refractivity contribution in [3.05, 3.63) is 35.4 Å². The SMILES string of the molecule is NCc1ccc(C(=O)N2CCCC[C@H]2CC(N)=O)cc1. The van der Waals surface area contributed by atoms with E-state index in [1.165, 1.54) is 0 Å². The summed E-state index contributed by atoms with van der Waals surface area (Å²) in [7, 11) is 0. The highest BCUT2D eigenvalue weighted by Crippen LogP contribution is 2.22. The van der Waals surface area contributed by atoms with Gasteiger partial charge in [0.1, 0.15) is 0 Å². The molecule has 1 heterocycles. The Balaban J connectivity index is 2.13. The maximum absolute atomic E-state index is 12.5. The Morgan fingerprint density at radius 1 is 1.20 bits per heavy atom. The summed E-state index contributed by atoms with van der Waals surface area (Å²) in [5.41, 5.74) is 12.5. The van der Waals surface area contributed by atoms with Gasteiger partial charge in [-0.25, -0.2) is 0 Å². The van der Waals surface area contributed by atoms with E-state index in [9.17, 15) is 9.59 Å². The molecule has 1 atom stereocenters. The van der Waals surface area contributed by atoms with Gasteiger partial charge in [0.15, 0.2) is 0 Å². The molecule has 0 spiro atoms. The molecule has 1 aliphatic heterocycles. The van der Waals surface area contributed by atoms with Crippen molar-refractivity contribution >= 4 is 11.8 Å². The molecule has 1 aliphatic rings. The predicted molar refractivity (Wildman–Crippen MR) is 76.8 cm³/mol. The molecule has 20 heavy (non-hydrogen) atoms. The maximum atomic E-state index is 12.5. The van der Waals surface area contributed by atoms with Gasteiger partial charge in [0.25, 0.3) is 5.91 Å². The van der Waals surface area contributed by atoms with E-state index in [1.807, 2.05) is 12.1 Å². The van der Waals surface area contributed by atoms with Crippen molar-refractivity contribution in [2.24, 2.45) is 11.5 Å². The van der Waals surface area contributed by atoms with Gasteiger partial charge in [0.05, 0.1) is 0 Å². The molecular formula is C15H21N3O2. The van der Waals surface area contributed by atoms with Gasteiger partial charge in [0.2, 0.25) is 5.91 Å². The van der Waals surface area contributed by atoms with Crippen molar-refractivity contribution in [2.75, 3.05) is 6.54 Å². The van der Waals surface area contributed by atoms with Crippen LogP contribution in [0.25, 0.3) is 0 Å². The number of carbonyl (C=O) groups is 2. The molecule has 0 bridgehead atoms. The van der Waals surface area contributed by atoms with Gasteiger partial charge in [-0.15, -0.1) is 0 Å². The molecule has 5 nitrogen and oxygen atoms in total. The summed E-state index contributed by atoms with van der Waals surface area (Å²) in [6.45, 7) is 1.15. The Hall–Kier alpha value is -1.88. The second-order valence-electron chi connectivity index (χ2n) is 5.22. The number of hydrogen-bond acceptors (Lipinski definition) is 3. The number of hydrogen-bond donors (Lipinski definition) is 2. The minimum Gasteiger partial charge on any atom is -0.370 e. The molecule has 1 aromatic carbocycles. The normalized spacial score (nSPS) is 18.9. The smallest absolute Gasteiger partial charge is 0.254 e. The number of benzene rings is 1. The lowest BCUT2D eigenvalue weighted by Crippen LogP contribution is -2.45. The fraction of sp³-hybridized carbons (Fsp3) is 0.467. The van der Waals surface area contributed by atoms with E-state index in [4.69, 9.17) is 11.5 Å². The van der Waals surface area contributed by atoms with Crippen LogP contribution in [-0.2, 0) is 11.3 Å². The van der Waals surface area contributed by atoms with Crippen LogP contribution >= 0.6 is 0 Å². The van der Waals surface area contributed by atoms with Gasteiger partial charge in [-0.3, -0.25) is 9.59 Å². The van der Waals surface area contributed by atoms with E-state index in [0.717, 1.165) is 24.8 Å². The fourth-order valence-corrected chi connectivity index (χ4v) is 2.66. The summed E-state index contributed by atoms with van der Waals surface area (Å²) >= 11 is 0. The zero-order valence-corrected chi connectivity index (χ0v) is 11.5. The van der Waals surface area contributed by atoms with Crippen LogP contribution in [0.1, 0.15) is 41.6 Å². The third-order valence-corrected chi connectivity index (χ3v) is 3.76. The van der Waals surface area contributed by atoms with E-state index in [0.29, 0.717) is 18.7 Å². The second kappa shape index (κ2) is 6.52. The Morgan fingerprint density at radius 3 is 2.50 bits per heavy atom. The van der Waals surface area contributed by atoms with Gasteiger partial charge < -0.3 is 16.4 Å². The third kappa shape index (κ3) is 3.36. The third-order valence-electron chi connectivity index (χ3n) is 3.76. The molecule has 2 amide bonds. The van der Waals surface area contributed by atoms with Gasteiger partial charge in [-0.05, 0) is 37.0 Å². The summed E-state index contributed by atoms with van der Waals surface area (Å²) in [6.07, 6.45) is 3.10. The molecular weight excluding hydrogens is 254 g/mol. The lowest BCUT2D eigenvalue weighted by Gasteiger charge is -2.35. The highest BCUT2D eigenvalue weighted by Gasteiger charge is 2.28. The first-order chi connectivity index (χ1) is 9.61. The molecule has 0 aliphatic carbocycles. The molecule has 1 saturated heterocycles. The maximum Gasteiger partial charge on any atom is 0.254 e. The van der Waals surface area contributed by atoms with Gasteiger partial charge in [0, 0.05) is 31.1 Å². The van der Waals surface area contributed by atoms with Crippen LogP contribution in [0, 0.1) is 0 Å². The standard InChI is InChI=1S/C15H21N3O2/c16-10-11-4-6-12(7-5-11)15(20)18-8-2-1-3-13(18)9-14(17)19/h4-7,13H,1-3,8-10,16H2,(H2,17,19)/t13-/m0/s1. The van der Waals surface area contributed by atoms with Gasteiger partial charge in [-0.1, -0.05) is 12.1 Å². The summed E-state index contributed by atoms with van der Waals surface area (Å²) in [5, 5.41) is 0. The molecule has 0 radical (unpaired) electrons. The number of nitrogens with zero attached hydrogens (tertiary/aromatic N) is 1. The predicted octanol–water partition coefficient (Wildman–Crippen LogP) is 1.02. The quantitative estimate of drug-likeness (QED) is 0.859. The van der Waals surface area contributed by atoms with E-state index < -0.39 is 0 Å². The largest absolute Gasteiger partial charge is 0.370 e. The molecule has 0 aromatic heterocycles. The first-order valence-corrected chi connectivity index (χ1v) is 7.00. The number of amides is 2. The average molecular weight is 275 g/mol. The molecule has 108 valence electrons. The van der Waals surface area contributed by atoms with Crippen LogP contribution in [0.4, 0.5) is 0 Å². The number of nitrogens with two attached hydrogens (primary N) is 2. The monoisotopic (exact) mass is 275 g/mol.